The summed E-state index contributed by atoms with van der Waals surface area (Å²) < 4.78 is 0. The fourth-order valence-electron chi connectivity index (χ4n) is 5.16. The van der Waals surface area contributed by atoms with Gasteiger partial charge in [-0.1, -0.05) is 92.2 Å². The Hall–Kier alpha value is -4.22. The van der Waals surface area contributed by atoms with Crippen LogP contribution in [0.2, 0.25) is 5.02 Å². The Balaban J connectivity index is 1.54. The Morgan fingerprint density at radius 3 is 2.36 bits per heavy atom. The SMILES string of the molecule is CC(C)CC(CC(=O)c1ccc(-c2c(Cl)cccc2-c2nc3ccccc3[nH]2)c(C(=O)O)c1)c1ccccc1. The molecule has 6 heteroatoms. The standard InChI is InChI=1S/C33H29ClN2O3/c1-20(2)17-23(21-9-4-3-5-10-21)19-30(37)22-15-16-24(26(18-22)33(38)39)31-25(11-8-12-27(31)34)32-35-28-13-6-7-14-29(28)36-32/h3-16,18,20,23H,17,19H2,1-2H3,(H,35,36)(H,38,39). The van der Waals surface area contributed by atoms with Crippen LogP contribution in [0, 0.1) is 5.92 Å². The number of para-hydroxylation sites is 2. The van der Waals surface area contributed by atoms with Gasteiger partial charge in [-0.05, 0) is 53.6 Å². The van der Waals surface area contributed by atoms with Gasteiger partial charge in [-0.15, -0.1) is 0 Å². The Labute approximate surface area is 232 Å². The molecular formula is C33H29ClN2O3. The smallest absolute Gasteiger partial charge is 0.336 e. The predicted molar refractivity (Wildman–Crippen MR) is 157 cm³/mol. The van der Waals surface area contributed by atoms with Gasteiger partial charge in [-0.2, -0.15) is 0 Å². The molecule has 0 amide bonds. The Kier molecular flexibility index (Phi) is 7.62. The summed E-state index contributed by atoms with van der Waals surface area (Å²) in [6.45, 7) is 4.28. The summed E-state index contributed by atoms with van der Waals surface area (Å²) in [7, 11) is 0. The first-order chi connectivity index (χ1) is 18.8. The van der Waals surface area contributed by atoms with Gasteiger partial charge < -0.3 is 10.1 Å². The molecule has 0 fully saturated rings. The van der Waals surface area contributed by atoms with Crippen molar-refractivity contribution in [2.75, 3.05) is 0 Å². The minimum atomic E-state index is -1.13. The first-order valence-corrected chi connectivity index (χ1v) is 13.4. The minimum Gasteiger partial charge on any atom is -0.478 e. The van der Waals surface area contributed by atoms with Crippen LogP contribution < -0.4 is 0 Å². The van der Waals surface area contributed by atoms with E-state index in [0.717, 1.165) is 23.0 Å². The van der Waals surface area contributed by atoms with Gasteiger partial charge in [0.1, 0.15) is 5.82 Å². The number of carbonyl (C=O) groups is 2. The molecule has 0 saturated heterocycles. The molecule has 0 aliphatic carbocycles. The lowest BCUT2D eigenvalue weighted by Crippen LogP contribution is -2.11. The topological polar surface area (TPSA) is 83.0 Å². The lowest BCUT2D eigenvalue weighted by molar-refractivity contribution is 0.0697. The van der Waals surface area contributed by atoms with Crippen molar-refractivity contribution < 1.29 is 14.7 Å². The van der Waals surface area contributed by atoms with Crippen LogP contribution >= 0.6 is 11.6 Å². The number of hydrogen-bond acceptors (Lipinski definition) is 3. The van der Waals surface area contributed by atoms with Crippen LogP contribution in [0.3, 0.4) is 0 Å². The number of H-pyrrole nitrogens is 1. The molecule has 2 N–H and O–H groups in total. The van der Waals surface area contributed by atoms with Gasteiger partial charge in [0.05, 0.1) is 16.6 Å². The Morgan fingerprint density at radius 1 is 0.897 bits per heavy atom. The molecular weight excluding hydrogens is 508 g/mol. The summed E-state index contributed by atoms with van der Waals surface area (Å²) in [6.07, 6.45) is 1.16. The molecule has 1 aromatic heterocycles. The zero-order chi connectivity index (χ0) is 27.5. The fraction of sp³-hybridized carbons (Fsp3) is 0.182. The second kappa shape index (κ2) is 11.3. The first kappa shape index (κ1) is 26.4. The number of aromatic nitrogens is 2. The number of rotatable bonds is 9. The number of Topliss-reactive ketones (excluding diaryl/α,β-unsaturated/α-hetero) is 1. The number of carboxylic acids is 1. The molecule has 5 rings (SSSR count). The summed E-state index contributed by atoms with van der Waals surface area (Å²) in [5, 5.41) is 10.6. The van der Waals surface area contributed by atoms with Gasteiger partial charge in [-0.3, -0.25) is 4.79 Å². The third-order valence-electron chi connectivity index (χ3n) is 6.96. The number of hydrogen-bond donors (Lipinski definition) is 2. The highest BCUT2D eigenvalue weighted by atomic mass is 35.5. The van der Waals surface area contributed by atoms with Crippen molar-refractivity contribution in [3.8, 4) is 22.5 Å². The minimum absolute atomic E-state index is 0.0198. The van der Waals surface area contributed by atoms with E-state index in [1.807, 2.05) is 66.7 Å². The van der Waals surface area contributed by atoms with Crippen LogP contribution in [0.5, 0.6) is 0 Å². The van der Waals surface area contributed by atoms with E-state index in [4.69, 9.17) is 16.6 Å². The molecule has 1 atom stereocenters. The quantitative estimate of drug-likeness (QED) is 0.185. The molecule has 0 saturated carbocycles. The average Bonchev–Trinajstić information content (AvgIpc) is 3.37. The van der Waals surface area contributed by atoms with E-state index in [1.165, 1.54) is 6.07 Å². The largest absolute Gasteiger partial charge is 0.478 e. The van der Waals surface area contributed by atoms with Crippen molar-refractivity contribution >= 4 is 34.4 Å². The van der Waals surface area contributed by atoms with Gasteiger partial charge in [0.15, 0.2) is 5.78 Å². The van der Waals surface area contributed by atoms with Gasteiger partial charge in [0.2, 0.25) is 0 Å². The number of ketones is 1. The predicted octanol–water partition coefficient (Wildman–Crippen LogP) is 8.65. The fourth-order valence-corrected chi connectivity index (χ4v) is 5.44. The summed E-state index contributed by atoms with van der Waals surface area (Å²) >= 11 is 6.68. The van der Waals surface area contributed by atoms with Crippen molar-refractivity contribution in [2.45, 2.75) is 32.6 Å². The molecule has 39 heavy (non-hydrogen) atoms. The lowest BCUT2D eigenvalue weighted by atomic mass is 9.84. The van der Waals surface area contributed by atoms with Crippen molar-refractivity contribution in [3.05, 3.63) is 113 Å². The number of benzene rings is 4. The van der Waals surface area contributed by atoms with Crippen LogP contribution in [0.4, 0.5) is 0 Å². The highest BCUT2D eigenvalue weighted by Gasteiger charge is 2.23. The van der Waals surface area contributed by atoms with Crippen molar-refractivity contribution in [1.82, 2.24) is 9.97 Å². The summed E-state index contributed by atoms with van der Waals surface area (Å²) in [6, 6.07) is 27.9. The number of halogens is 1. The molecule has 1 heterocycles. The van der Waals surface area contributed by atoms with Gasteiger partial charge in [0, 0.05) is 28.1 Å². The van der Waals surface area contributed by atoms with Crippen LogP contribution in [0.25, 0.3) is 33.5 Å². The van der Waals surface area contributed by atoms with Crippen molar-refractivity contribution in [2.24, 2.45) is 5.92 Å². The number of nitrogens with zero attached hydrogens (tertiary/aromatic N) is 1. The van der Waals surface area contributed by atoms with Crippen molar-refractivity contribution in [1.29, 1.82) is 0 Å². The number of fused-ring (bicyclic) bond motifs is 1. The third kappa shape index (κ3) is 5.64. The number of nitrogens with one attached hydrogen (secondary N) is 1. The zero-order valence-electron chi connectivity index (χ0n) is 21.8. The highest BCUT2D eigenvalue weighted by molar-refractivity contribution is 6.34. The maximum atomic E-state index is 13.5. The van der Waals surface area contributed by atoms with Crippen LogP contribution in [-0.4, -0.2) is 26.8 Å². The number of carboxylic acid groups (broad SMARTS) is 1. The number of aromatic carboxylic acids is 1. The molecule has 196 valence electrons. The zero-order valence-corrected chi connectivity index (χ0v) is 22.6. The van der Waals surface area contributed by atoms with E-state index >= 15 is 0 Å². The molecule has 0 spiro atoms. The molecule has 1 unspecified atom stereocenters. The number of imidazole rings is 1. The lowest BCUT2D eigenvalue weighted by Gasteiger charge is -2.19. The molecule has 5 nitrogen and oxygen atoms in total. The van der Waals surface area contributed by atoms with Gasteiger partial charge >= 0.3 is 5.97 Å². The maximum Gasteiger partial charge on any atom is 0.336 e. The van der Waals surface area contributed by atoms with Crippen LogP contribution in [-0.2, 0) is 0 Å². The molecule has 0 radical (unpaired) electrons. The van der Waals surface area contributed by atoms with Gasteiger partial charge in [0.25, 0.3) is 0 Å². The second-order valence-corrected chi connectivity index (χ2v) is 10.6. The van der Waals surface area contributed by atoms with Crippen LogP contribution in [0.1, 0.15) is 58.9 Å². The van der Waals surface area contributed by atoms with Gasteiger partial charge in [-0.25, -0.2) is 9.78 Å². The van der Waals surface area contributed by atoms with Crippen molar-refractivity contribution in [3.63, 3.8) is 0 Å². The summed E-state index contributed by atoms with van der Waals surface area (Å²) in [5.74, 6) is -0.163. The average molecular weight is 537 g/mol. The van der Waals surface area contributed by atoms with E-state index in [-0.39, 0.29) is 17.3 Å². The normalized spacial score (nSPS) is 12.1. The number of aromatic amines is 1. The molecule has 4 aromatic carbocycles. The molecule has 0 aliphatic heterocycles. The van der Waals surface area contributed by atoms with E-state index in [2.05, 4.69) is 18.8 Å². The molecule has 0 bridgehead atoms. The first-order valence-electron chi connectivity index (χ1n) is 13.0. The summed E-state index contributed by atoms with van der Waals surface area (Å²) in [4.78, 5) is 33.9. The Morgan fingerprint density at radius 2 is 1.64 bits per heavy atom. The maximum absolute atomic E-state index is 13.5. The van der Waals surface area contributed by atoms with E-state index in [9.17, 15) is 14.7 Å². The summed E-state index contributed by atoms with van der Waals surface area (Å²) in [5.41, 5.74) is 4.84. The third-order valence-corrected chi connectivity index (χ3v) is 7.27. The van der Waals surface area contributed by atoms with E-state index < -0.39 is 5.97 Å². The molecule has 5 aromatic rings. The van der Waals surface area contributed by atoms with E-state index in [0.29, 0.717) is 45.4 Å². The Bertz CT molecular complexity index is 1620. The highest BCUT2D eigenvalue weighted by Crippen LogP contribution is 2.39. The second-order valence-electron chi connectivity index (χ2n) is 10.2. The van der Waals surface area contributed by atoms with Crippen LogP contribution in [0.15, 0.2) is 91.0 Å². The number of carbonyl (C=O) groups excluding carboxylic acids is 1. The van der Waals surface area contributed by atoms with E-state index in [1.54, 1.807) is 18.2 Å². The molecule has 0 aliphatic rings. The monoisotopic (exact) mass is 536 g/mol.